The van der Waals surface area contributed by atoms with Crippen molar-refractivity contribution < 1.29 is 22.7 Å². The minimum absolute atomic E-state index is 0.00764. The van der Waals surface area contributed by atoms with Gasteiger partial charge in [0.1, 0.15) is 18.3 Å². The first-order valence-electron chi connectivity index (χ1n) is 14.2. The summed E-state index contributed by atoms with van der Waals surface area (Å²) in [4.78, 5) is 28.9. The maximum absolute atomic E-state index is 14.2. The molecule has 0 bridgehead atoms. The standard InChI is InChI=1S/C32H39Cl2N3O5S/c1-6-30(32(39)35-19-22(3)4)36(20-27-28(33)9-8-10-29(27)34)31(38)21-37(24-13-11-23(5)12-14-24)43(40,41)26-17-15-25(16-18-26)42-7-2/h8-18,22,30H,6-7,19-21H2,1-5H3,(H,35,39)/t30-/m0/s1. The fourth-order valence-electron chi connectivity index (χ4n) is 4.44. The van der Waals surface area contributed by atoms with Crippen LogP contribution in [-0.4, -0.2) is 50.9 Å². The van der Waals surface area contributed by atoms with E-state index in [1.807, 2.05) is 27.7 Å². The lowest BCUT2D eigenvalue weighted by Crippen LogP contribution is -2.52. The van der Waals surface area contributed by atoms with Crippen LogP contribution < -0.4 is 14.4 Å². The number of halogens is 2. The van der Waals surface area contributed by atoms with Crippen LogP contribution in [0, 0.1) is 12.8 Å². The van der Waals surface area contributed by atoms with Gasteiger partial charge in [0.15, 0.2) is 0 Å². The maximum atomic E-state index is 14.2. The number of anilines is 1. The molecule has 0 aliphatic rings. The summed E-state index contributed by atoms with van der Waals surface area (Å²) in [7, 11) is -4.21. The van der Waals surface area contributed by atoms with Crippen LogP contribution in [0.1, 0.15) is 45.2 Å². The Balaban J connectivity index is 2.07. The highest BCUT2D eigenvalue weighted by Gasteiger charge is 2.34. The van der Waals surface area contributed by atoms with E-state index in [-0.39, 0.29) is 29.7 Å². The average Bonchev–Trinajstić information content (AvgIpc) is 2.97. The SMILES string of the molecule is CCOc1ccc(S(=O)(=O)N(CC(=O)N(Cc2c(Cl)cccc2Cl)[C@@H](CC)C(=O)NCC(C)C)c2ccc(C)cc2)cc1. The minimum atomic E-state index is -4.21. The zero-order chi connectivity index (χ0) is 31.7. The van der Waals surface area contributed by atoms with E-state index in [1.54, 1.807) is 61.5 Å². The number of hydrogen-bond donors (Lipinski definition) is 1. The number of benzene rings is 3. The first-order chi connectivity index (χ1) is 20.4. The molecule has 1 atom stereocenters. The smallest absolute Gasteiger partial charge is 0.264 e. The molecule has 0 heterocycles. The van der Waals surface area contributed by atoms with Crippen LogP contribution in [-0.2, 0) is 26.2 Å². The van der Waals surface area contributed by atoms with Crippen LogP contribution in [0.25, 0.3) is 0 Å². The fraction of sp³-hybridized carbons (Fsp3) is 0.375. The Morgan fingerprint density at radius 2 is 1.53 bits per heavy atom. The number of hydrogen-bond acceptors (Lipinski definition) is 5. The second-order valence-electron chi connectivity index (χ2n) is 10.5. The van der Waals surface area contributed by atoms with Gasteiger partial charge in [0.2, 0.25) is 11.8 Å². The van der Waals surface area contributed by atoms with Crippen molar-refractivity contribution in [2.24, 2.45) is 5.92 Å². The average molecular weight is 649 g/mol. The number of ether oxygens (including phenoxy) is 1. The molecular weight excluding hydrogens is 609 g/mol. The Hall–Kier alpha value is -3.27. The summed E-state index contributed by atoms with van der Waals surface area (Å²) in [6, 6.07) is 17.0. The van der Waals surface area contributed by atoms with E-state index in [0.29, 0.717) is 40.2 Å². The predicted octanol–water partition coefficient (Wildman–Crippen LogP) is 6.48. The third-order valence-electron chi connectivity index (χ3n) is 6.78. The molecule has 3 aromatic rings. The van der Waals surface area contributed by atoms with Gasteiger partial charge in [0, 0.05) is 28.7 Å². The molecule has 0 radical (unpaired) electrons. The number of amides is 2. The Morgan fingerprint density at radius 3 is 2.07 bits per heavy atom. The molecule has 11 heteroatoms. The Labute approximate surface area is 265 Å². The highest BCUT2D eigenvalue weighted by atomic mass is 35.5. The van der Waals surface area contributed by atoms with E-state index in [4.69, 9.17) is 27.9 Å². The predicted molar refractivity (Wildman–Crippen MR) is 172 cm³/mol. The maximum Gasteiger partial charge on any atom is 0.264 e. The van der Waals surface area contributed by atoms with Crippen LogP contribution in [0.2, 0.25) is 10.0 Å². The number of nitrogens with zero attached hydrogens (tertiary/aromatic N) is 2. The van der Waals surface area contributed by atoms with Gasteiger partial charge in [-0.15, -0.1) is 0 Å². The van der Waals surface area contributed by atoms with Gasteiger partial charge in [-0.2, -0.15) is 0 Å². The van der Waals surface area contributed by atoms with E-state index < -0.39 is 28.5 Å². The van der Waals surface area contributed by atoms with Crippen molar-refractivity contribution >= 4 is 50.7 Å². The van der Waals surface area contributed by atoms with Crippen molar-refractivity contribution in [3.05, 3.63) is 87.9 Å². The van der Waals surface area contributed by atoms with Gasteiger partial charge >= 0.3 is 0 Å². The number of aryl methyl sites for hydroxylation is 1. The lowest BCUT2D eigenvalue weighted by atomic mass is 10.1. The summed E-state index contributed by atoms with van der Waals surface area (Å²) < 4.78 is 34.6. The number of nitrogens with one attached hydrogen (secondary N) is 1. The van der Waals surface area contributed by atoms with Crippen molar-refractivity contribution in [2.75, 3.05) is 24.0 Å². The van der Waals surface area contributed by atoms with Gasteiger partial charge in [-0.3, -0.25) is 13.9 Å². The van der Waals surface area contributed by atoms with E-state index in [2.05, 4.69) is 5.32 Å². The molecule has 0 saturated heterocycles. The Morgan fingerprint density at radius 1 is 0.930 bits per heavy atom. The third-order valence-corrected chi connectivity index (χ3v) is 9.28. The molecule has 3 aromatic carbocycles. The molecular formula is C32H39Cl2N3O5S. The van der Waals surface area contributed by atoms with Crippen molar-refractivity contribution in [1.82, 2.24) is 10.2 Å². The number of rotatable bonds is 14. The summed E-state index contributed by atoms with van der Waals surface area (Å²) in [5, 5.41) is 3.57. The Bertz CT molecular complexity index is 1480. The zero-order valence-electron chi connectivity index (χ0n) is 25.1. The molecule has 43 heavy (non-hydrogen) atoms. The molecule has 3 rings (SSSR count). The van der Waals surface area contributed by atoms with E-state index in [1.165, 1.54) is 17.0 Å². The van der Waals surface area contributed by atoms with Gasteiger partial charge < -0.3 is 15.0 Å². The van der Waals surface area contributed by atoms with E-state index in [0.717, 1.165) is 9.87 Å². The van der Waals surface area contributed by atoms with Crippen molar-refractivity contribution in [3.8, 4) is 5.75 Å². The normalized spacial score (nSPS) is 12.1. The van der Waals surface area contributed by atoms with Gasteiger partial charge in [0.25, 0.3) is 10.0 Å². The van der Waals surface area contributed by atoms with E-state index >= 15 is 0 Å². The summed E-state index contributed by atoms with van der Waals surface area (Å²) >= 11 is 12.9. The molecule has 0 aliphatic heterocycles. The van der Waals surface area contributed by atoms with Gasteiger partial charge in [0.05, 0.1) is 17.2 Å². The first-order valence-corrected chi connectivity index (χ1v) is 16.4. The number of sulfonamides is 1. The molecule has 0 aromatic heterocycles. The summed E-state index contributed by atoms with van der Waals surface area (Å²) in [5.41, 5.74) is 1.70. The second-order valence-corrected chi connectivity index (χ2v) is 13.2. The molecule has 0 spiro atoms. The molecule has 0 saturated carbocycles. The minimum Gasteiger partial charge on any atom is -0.494 e. The second kappa shape index (κ2) is 15.5. The molecule has 8 nitrogen and oxygen atoms in total. The summed E-state index contributed by atoms with van der Waals surface area (Å²) in [6.45, 7) is 9.67. The van der Waals surface area contributed by atoms with Crippen molar-refractivity contribution in [1.29, 1.82) is 0 Å². The topological polar surface area (TPSA) is 96.0 Å². The first kappa shape index (κ1) is 34.2. The van der Waals surface area contributed by atoms with Crippen molar-refractivity contribution in [3.63, 3.8) is 0 Å². The molecule has 1 N–H and O–H groups in total. The van der Waals surface area contributed by atoms with Gasteiger partial charge in [-0.05, 0) is 74.7 Å². The van der Waals surface area contributed by atoms with Crippen LogP contribution >= 0.6 is 23.2 Å². The summed E-state index contributed by atoms with van der Waals surface area (Å²) in [5.74, 6) is -0.207. The molecule has 2 amide bonds. The number of carbonyl (C=O) groups excluding carboxylic acids is 2. The molecule has 0 unspecified atom stereocenters. The fourth-order valence-corrected chi connectivity index (χ4v) is 6.37. The lowest BCUT2D eigenvalue weighted by Gasteiger charge is -2.33. The van der Waals surface area contributed by atoms with Crippen LogP contribution in [0.4, 0.5) is 5.69 Å². The third kappa shape index (κ3) is 8.87. The van der Waals surface area contributed by atoms with Crippen LogP contribution in [0.5, 0.6) is 5.75 Å². The Kier molecular flexibility index (Phi) is 12.3. The van der Waals surface area contributed by atoms with Crippen molar-refractivity contribution in [2.45, 2.75) is 58.5 Å². The summed E-state index contributed by atoms with van der Waals surface area (Å²) in [6.07, 6.45) is 0.286. The van der Waals surface area contributed by atoms with Gasteiger partial charge in [-0.1, -0.05) is 67.7 Å². The van der Waals surface area contributed by atoms with E-state index in [9.17, 15) is 18.0 Å². The zero-order valence-corrected chi connectivity index (χ0v) is 27.5. The molecule has 0 aliphatic carbocycles. The monoisotopic (exact) mass is 647 g/mol. The highest BCUT2D eigenvalue weighted by Crippen LogP contribution is 2.29. The quantitative estimate of drug-likeness (QED) is 0.216. The largest absolute Gasteiger partial charge is 0.494 e. The number of carbonyl (C=O) groups is 2. The molecule has 232 valence electrons. The van der Waals surface area contributed by atoms with Crippen LogP contribution in [0.3, 0.4) is 0 Å². The van der Waals surface area contributed by atoms with Crippen LogP contribution in [0.15, 0.2) is 71.6 Å². The molecule has 0 fully saturated rings. The highest BCUT2D eigenvalue weighted by molar-refractivity contribution is 7.92. The lowest BCUT2D eigenvalue weighted by molar-refractivity contribution is -0.140. The van der Waals surface area contributed by atoms with Gasteiger partial charge in [-0.25, -0.2) is 8.42 Å².